The molecule has 1 aromatic heterocycles. The molecule has 1 aromatic carbocycles. The minimum atomic E-state index is -3.07. The monoisotopic (exact) mass is 373 g/mol. The maximum atomic E-state index is 12.9. The largest absolute Gasteiger partial charge is 0.385 e. The highest BCUT2D eigenvalue weighted by atomic mass is 79.9. The molecule has 1 heterocycles. The Morgan fingerprint density at radius 1 is 1.27 bits per heavy atom. The number of alkyl halides is 2. The Bertz CT molecular complexity index is 598. The van der Waals surface area contributed by atoms with Crippen LogP contribution in [0, 0.1) is 0 Å². The quantitative estimate of drug-likeness (QED) is 0.677. The van der Waals surface area contributed by atoms with Gasteiger partial charge in [-0.25, -0.2) is 0 Å². The van der Waals surface area contributed by atoms with Gasteiger partial charge in [0.05, 0.1) is 0 Å². The predicted molar refractivity (Wildman–Crippen MR) is 84.1 cm³/mol. The smallest absolute Gasteiger partial charge is 0.322 e. The Labute approximate surface area is 136 Å². The third-order valence-corrected chi connectivity index (χ3v) is 3.57. The van der Waals surface area contributed by atoms with E-state index < -0.39 is 11.8 Å². The molecule has 7 heteroatoms. The van der Waals surface area contributed by atoms with Crippen molar-refractivity contribution in [2.45, 2.75) is 38.5 Å². The van der Waals surface area contributed by atoms with Crippen molar-refractivity contribution >= 4 is 21.6 Å². The summed E-state index contributed by atoms with van der Waals surface area (Å²) in [6.07, 6.45) is 3.35. The maximum Gasteiger partial charge on any atom is 0.322 e. The second-order valence-corrected chi connectivity index (χ2v) is 6.07. The standard InChI is InChI=1S/C15H18BrF2N3O/c1-15(17,18)14-20-13(21-22-14)8-3-2-4-9-19-12-7-5-6-11(16)10-12/h5-7,10,19H,2-4,8-9H2,1H3. The number of benzene rings is 1. The van der Waals surface area contributed by atoms with E-state index in [1.807, 2.05) is 24.3 Å². The van der Waals surface area contributed by atoms with Crippen LogP contribution in [0.1, 0.15) is 37.9 Å². The number of halogens is 3. The lowest BCUT2D eigenvalue weighted by Gasteiger charge is -2.06. The molecule has 0 bridgehead atoms. The van der Waals surface area contributed by atoms with Gasteiger partial charge in [-0.05, 0) is 31.0 Å². The van der Waals surface area contributed by atoms with Crippen molar-refractivity contribution in [3.05, 3.63) is 40.5 Å². The fourth-order valence-corrected chi connectivity index (χ4v) is 2.35. The average Bonchev–Trinajstić information content (AvgIpc) is 2.91. The topological polar surface area (TPSA) is 51.0 Å². The molecule has 0 radical (unpaired) electrons. The molecule has 0 aliphatic heterocycles. The van der Waals surface area contributed by atoms with Crippen molar-refractivity contribution in [1.29, 1.82) is 0 Å². The summed E-state index contributed by atoms with van der Waals surface area (Å²) in [6, 6.07) is 7.98. The first-order valence-corrected chi connectivity index (χ1v) is 7.95. The van der Waals surface area contributed by atoms with Crippen molar-refractivity contribution in [1.82, 2.24) is 10.1 Å². The van der Waals surface area contributed by atoms with Gasteiger partial charge in [-0.2, -0.15) is 13.8 Å². The number of nitrogens with one attached hydrogen (secondary N) is 1. The summed E-state index contributed by atoms with van der Waals surface area (Å²) in [6.45, 7) is 1.61. The highest BCUT2D eigenvalue weighted by Gasteiger charge is 2.31. The van der Waals surface area contributed by atoms with Crippen molar-refractivity contribution < 1.29 is 13.3 Å². The minimum Gasteiger partial charge on any atom is -0.385 e. The zero-order valence-corrected chi connectivity index (χ0v) is 13.9. The molecule has 0 aliphatic carbocycles. The number of anilines is 1. The molecule has 0 atom stereocenters. The molecule has 0 spiro atoms. The van der Waals surface area contributed by atoms with Gasteiger partial charge in [0.15, 0.2) is 5.82 Å². The van der Waals surface area contributed by atoms with Crippen LogP contribution in [0.25, 0.3) is 0 Å². The number of hydrogen-bond donors (Lipinski definition) is 1. The molecule has 120 valence electrons. The Morgan fingerprint density at radius 2 is 2.09 bits per heavy atom. The van der Waals surface area contributed by atoms with Gasteiger partial charge in [-0.1, -0.05) is 33.6 Å². The van der Waals surface area contributed by atoms with Crippen LogP contribution in [0.15, 0.2) is 33.3 Å². The summed E-state index contributed by atoms with van der Waals surface area (Å²) in [5, 5.41) is 6.90. The maximum absolute atomic E-state index is 12.9. The van der Waals surface area contributed by atoms with E-state index in [1.54, 1.807) is 0 Å². The van der Waals surface area contributed by atoms with Crippen LogP contribution in [0.5, 0.6) is 0 Å². The van der Waals surface area contributed by atoms with E-state index in [9.17, 15) is 8.78 Å². The minimum absolute atomic E-state index is 0.344. The van der Waals surface area contributed by atoms with E-state index >= 15 is 0 Å². The van der Waals surface area contributed by atoms with Gasteiger partial charge in [0.2, 0.25) is 0 Å². The van der Waals surface area contributed by atoms with E-state index in [0.717, 1.165) is 42.9 Å². The molecule has 2 aromatic rings. The SMILES string of the molecule is CC(F)(F)c1nc(CCCCCNc2cccc(Br)c2)no1. The molecule has 22 heavy (non-hydrogen) atoms. The van der Waals surface area contributed by atoms with Crippen LogP contribution >= 0.6 is 15.9 Å². The first-order valence-electron chi connectivity index (χ1n) is 7.15. The summed E-state index contributed by atoms with van der Waals surface area (Å²) >= 11 is 3.42. The lowest BCUT2D eigenvalue weighted by atomic mass is 10.2. The van der Waals surface area contributed by atoms with Crippen molar-refractivity contribution in [3.8, 4) is 0 Å². The number of aryl methyl sites for hydroxylation is 1. The van der Waals surface area contributed by atoms with E-state index in [0.29, 0.717) is 12.2 Å². The summed E-state index contributed by atoms with van der Waals surface area (Å²) in [4.78, 5) is 3.71. The molecular weight excluding hydrogens is 356 g/mol. The van der Waals surface area contributed by atoms with Crippen molar-refractivity contribution in [3.63, 3.8) is 0 Å². The molecule has 0 fully saturated rings. The van der Waals surface area contributed by atoms with Gasteiger partial charge in [-0.15, -0.1) is 0 Å². The molecule has 2 rings (SSSR count). The first-order chi connectivity index (χ1) is 10.4. The zero-order chi connectivity index (χ0) is 16.0. The van der Waals surface area contributed by atoms with E-state index in [1.165, 1.54) is 0 Å². The fraction of sp³-hybridized carbons (Fsp3) is 0.467. The summed E-state index contributed by atoms with van der Waals surface area (Å²) in [5.74, 6) is -3.34. The molecule has 0 amide bonds. The lowest BCUT2D eigenvalue weighted by molar-refractivity contribution is -0.0158. The summed E-state index contributed by atoms with van der Waals surface area (Å²) < 4.78 is 31.5. The van der Waals surface area contributed by atoms with E-state index in [4.69, 9.17) is 0 Å². The first kappa shape index (κ1) is 16.9. The fourth-order valence-electron chi connectivity index (χ4n) is 1.95. The number of unbranched alkanes of at least 4 members (excludes halogenated alkanes) is 2. The Hall–Kier alpha value is -1.50. The highest BCUT2D eigenvalue weighted by molar-refractivity contribution is 9.10. The van der Waals surface area contributed by atoms with Crippen LogP contribution in [0.2, 0.25) is 0 Å². The Kier molecular flexibility index (Phi) is 5.88. The average molecular weight is 374 g/mol. The van der Waals surface area contributed by atoms with Gasteiger partial charge in [-0.3, -0.25) is 0 Å². The highest BCUT2D eigenvalue weighted by Crippen LogP contribution is 2.25. The van der Waals surface area contributed by atoms with Crippen LogP contribution in [-0.4, -0.2) is 16.7 Å². The summed E-state index contributed by atoms with van der Waals surface area (Å²) in [5.41, 5.74) is 1.07. The lowest BCUT2D eigenvalue weighted by Crippen LogP contribution is -2.07. The number of nitrogens with zero attached hydrogens (tertiary/aromatic N) is 2. The van der Waals surface area contributed by atoms with Gasteiger partial charge >= 0.3 is 5.92 Å². The third kappa shape index (κ3) is 5.36. The normalized spacial score (nSPS) is 11.6. The van der Waals surface area contributed by atoms with E-state index in [2.05, 4.69) is 35.9 Å². The van der Waals surface area contributed by atoms with Gasteiger partial charge in [0.25, 0.3) is 5.89 Å². The molecule has 4 nitrogen and oxygen atoms in total. The number of aromatic nitrogens is 2. The molecule has 0 saturated carbocycles. The molecular formula is C15H18BrF2N3O. The predicted octanol–water partition coefficient (Wildman–Crippen LogP) is 4.77. The number of hydrogen-bond acceptors (Lipinski definition) is 4. The molecule has 0 aliphatic rings. The summed E-state index contributed by atoms with van der Waals surface area (Å²) in [7, 11) is 0. The second-order valence-electron chi connectivity index (χ2n) is 5.15. The van der Waals surface area contributed by atoms with Crippen molar-refractivity contribution in [2.75, 3.05) is 11.9 Å². The number of rotatable bonds is 8. The van der Waals surface area contributed by atoms with Crippen molar-refractivity contribution in [2.24, 2.45) is 0 Å². The van der Waals surface area contributed by atoms with Crippen LogP contribution in [-0.2, 0) is 12.3 Å². The third-order valence-electron chi connectivity index (χ3n) is 3.07. The second kappa shape index (κ2) is 7.67. The van der Waals surface area contributed by atoms with Crippen LogP contribution < -0.4 is 5.32 Å². The molecule has 1 N–H and O–H groups in total. The Balaban J connectivity index is 1.62. The molecule has 0 unspecified atom stereocenters. The van der Waals surface area contributed by atoms with Gasteiger partial charge in [0, 0.05) is 30.0 Å². The van der Waals surface area contributed by atoms with E-state index in [-0.39, 0.29) is 0 Å². The van der Waals surface area contributed by atoms with Gasteiger partial charge in [0.1, 0.15) is 0 Å². The van der Waals surface area contributed by atoms with Gasteiger partial charge < -0.3 is 9.84 Å². The zero-order valence-electron chi connectivity index (χ0n) is 12.3. The van der Waals surface area contributed by atoms with Crippen LogP contribution in [0.3, 0.4) is 0 Å². The Morgan fingerprint density at radius 3 is 2.77 bits per heavy atom. The molecule has 0 saturated heterocycles. The van der Waals surface area contributed by atoms with Crippen LogP contribution in [0.4, 0.5) is 14.5 Å².